The zero-order valence-corrected chi connectivity index (χ0v) is 19.9. The van der Waals surface area contributed by atoms with Gasteiger partial charge in [0.25, 0.3) is 5.91 Å². The highest BCUT2D eigenvalue weighted by atomic mass is 32.2. The van der Waals surface area contributed by atoms with E-state index in [2.05, 4.69) is 10.3 Å². The first-order valence-electron chi connectivity index (χ1n) is 11.3. The third kappa shape index (κ3) is 5.17. The molecule has 4 rings (SSSR count). The van der Waals surface area contributed by atoms with Crippen molar-refractivity contribution in [2.45, 2.75) is 51.0 Å². The normalized spacial score (nSPS) is 15.2. The number of rotatable bonds is 6. The summed E-state index contributed by atoms with van der Waals surface area (Å²) in [5, 5.41) is 2.90. The fourth-order valence-electron chi connectivity index (χ4n) is 4.15. The molecule has 0 saturated carbocycles. The Hall–Kier alpha value is -2.97. The van der Waals surface area contributed by atoms with Gasteiger partial charge in [0.05, 0.1) is 4.90 Å². The Labute approximate surface area is 195 Å². The third-order valence-electron chi connectivity index (χ3n) is 6.13. The van der Waals surface area contributed by atoms with Crippen molar-refractivity contribution in [2.24, 2.45) is 0 Å². The summed E-state index contributed by atoms with van der Waals surface area (Å²) in [6.45, 7) is 5.14. The van der Waals surface area contributed by atoms with E-state index >= 15 is 0 Å². The zero-order chi connectivity index (χ0) is 23.4. The Morgan fingerprint density at radius 2 is 1.70 bits per heavy atom. The summed E-state index contributed by atoms with van der Waals surface area (Å²) in [5.41, 5.74) is 2.96. The standard InChI is InChI=1S/C25H30N4O3S/c1-19-7-10-22(17-24(19)33(31,32)28-14-5-3-4-6-15-28)25(30)27-18-21-8-11-23(12-9-21)29-16-13-26-20(29)2/h7-13,16-17H,3-6,14-15,18H2,1-2H3,(H,27,30). The minimum atomic E-state index is -3.62. The van der Waals surface area contributed by atoms with E-state index in [1.54, 1.807) is 29.6 Å². The van der Waals surface area contributed by atoms with Gasteiger partial charge in [-0.25, -0.2) is 13.4 Å². The van der Waals surface area contributed by atoms with Crippen molar-refractivity contribution in [3.63, 3.8) is 0 Å². The van der Waals surface area contributed by atoms with Crippen molar-refractivity contribution in [3.8, 4) is 5.69 Å². The van der Waals surface area contributed by atoms with E-state index < -0.39 is 10.0 Å². The van der Waals surface area contributed by atoms with Gasteiger partial charge < -0.3 is 9.88 Å². The molecule has 1 aliphatic heterocycles. The molecule has 1 aromatic heterocycles. The minimum Gasteiger partial charge on any atom is -0.348 e. The summed E-state index contributed by atoms with van der Waals surface area (Å²) in [4.78, 5) is 17.3. The van der Waals surface area contributed by atoms with Crippen LogP contribution >= 0.6 is 0 Å². The Bertz CT molecular complexity index is 1220. The van der Waals surface area contributed by atoms with Gasteiger partial charge in [-0.3, -0.25) is 4.79 Å². The second-order valence-corrected chi connectivity index (χ2v) is 10.4. The molecule has 2 heterocycles. The molecule has 1 aliphatic rings. The number of carbonyl (C=O) groups is 1. The zero-order valence-electron chi connectivity index (χ0n) is 19.1. The molecule has 0 spiro atoms. The molecular weight excluding hydrogens is 436 g/mol. The minimum absolute atomic E-state index is 0.220. The van der Waals surface area contributed by atoms with E-state index in [0.29, 0.717) is 30.8 Å². The molecule has 3 aromatic rings. The van der Waals surface area contributed by atoms with Crippen LogP contribution in [0.3, 0.4) is 0 Å². The molecule has 0 bridgehead atoms. The molecule has 2 aromatic carbocycles. The maximum Gasteiger partial charge on any atom is 0.251 e. The van der Waals surface area contributed by atoms with Gasteiger partial charge in [0.15, 0.2) is 0 Å². The third-order valence-corrected chi connectivity index (χ3v) is 8.17. The number of hydrogen-bond acceptors (Lipinski definition) is 4. The van der Waals surface area contributed by atoms with Crippen LogP contribution in [0.1, 0.15) is 53.0 Å². The summed E-state index contributed by atoms with van der Waals surface area (Å²) in [7, 11) is -3.62. The number of benzene rings is 2. The fraction of sp³-hybridized carbons (Fsp3) is 0.360. The highest BCUT2D eigenvalue weighted by molar-refractivity contribution is 7.89. The first-order valence-corrected chi connectivity index (χ1v) is 12.8. The van der Waals surface area contributed by atoms with Crippen LogP contribution in [0.15, 0.2) is 59.8 Å². The van der Waals surface area contributed by atoms with Crippen LogP contribution in [0.2, 0.25) is 0 Å². The number of aryl methyl sites for hydroxylation is 2. The van der Waals surface area contributed by atoms with Crippen LogP contribution in [-0.4, -0.2) is 41.3 Å². The molecule has 33 heavy (non-hydrogen) atoms. The molecule has 0 radical (unpaired) electrons. The smallest absolute Gasteiger partial charge is 0.251 e. The highest BCUT2D eigenvalue weighted by Crippen LogP contribution is 2.24. The molecule has 1 amide bonds. The van der Waals surface area contributed by atoms with Gasteiger partial charge in [-0.05, 0) is 62.1 Å². The number of carbonyl (C=O) groups excluding carboxylic acids is 1. The lowest BCUT2D eigenvalue weighted by Crippen LogP contribution is -2.32. The lowest BCUT2D eigenvalue weighted by molar-refractivity contribution is 0.0950. The van der Waals surface area contributed by atoms with Crippen molar-refractivity contribution < 1.29 is 13.2 Å². The quantitative estimate of drug-likeness (QED) is 0.595. The average molecular weight is 467 g/mol. The van der Waals surface area contributed by atoms with Gasteiger partial charge in [-0.1, -0.05) is 31.0 Å². The largest absolute Gasteiger partial charge is 0.348 e. The van der Waals surface area contributed by atoms with Crippen molar-refractivity contribution >= 4 is 15.9 Å². The molecule has 0 aliphatic carbocycles. The first-order chi connectivity index (χ1) is 15.9. The predicted octanol–water partition coefficient (Wildman–Crippen LogP) is 3.98. The van der Waals surface area contributed by atoms with E-state index in [1.807, 2.05) is 42.0 Å². The van der Waals surface area contributed by atoms with Crippen LogP contribution in [0.5, 0.6) is 0 Å². The maximum atomic E-state index is 13.3. The summed E-state index contributed by atoms with van der Waals surface area (Å²) in [6, 6.07) is 12.8. The number of sulfonamides is 1. The Balaban J connectivity index is 1.46. The molecule has 1 saturated heterocycles. The average Bonchev–Trinajstić information content (AvgIpc) is 3.06. The van der Waals surface area contributed by atoms with Crippen LogP contribution in [0.25, 0.3) is 5.69 Å². The van der Waals surface area contributed by atoms with Gasteiger partial charge in [-0.15, -0.1) is 0 Å². The van der Waals surface area contributed by atoms with Gasteiger partial charge in [0.2, 0.25) is 10.0 Å². The van der Waals surface area contributed by atoms with E-state index in [0.717, 1.165) is 42.8 Å². The van der Waals surface area contributed by atoms with Crippen LogP contribution < -0.4 is 5.32 Å². The summed E-state index contributed by atoms with van der Waals surface area (Å²) >= 11 is 0. The topological polar surface area (TPSA) is 84.3 Å². The van der Waals surface area contributed by atoms with Gasteiger partial charge >= 0.3 is 0 Å². The number of hydrogen-bond donors (Lipinski definition) is 1. The van der Waals surface area contributed by atoms with E-state index in [4.69, 9.17) is 0 Å². The van der Waals surface area contributed by atoms with Crippen LogP contribution in [-0.2, 0) is 16.6 Å². The Morgan fingerprint density at radius 3 is 2.33 bits per heavy atom. The van der Waals surface area contributed by atoms with Gasteiger partial charge in [0.1, 0.15) is 5.82 Å². The SMILES string of the molecule is Cc1ccc(C(=O)NCc2ccc(-n3ccnc3C)cc2)cc1S(=O)(=O)N1CCCCCC1. The molecule has 0 atom stereocenters. The van der Waals surface area contributed by atoms with E-state index in [-0.39, 0.29) is 10.8 Å². The molecule has 174 valence electrons. The molecule has 8 heteroatoms. The number of nitrogens with one attached hydrogen (secondary N) is 1. The second kappa shape index (κ2) is 9.89. The number of imidazole rings is 1. The first kappa shape index (κ1) is 23.2. The van der Waals surface area contributed by atoms with E-state index in [1.165, 1.54) is 6.07 Å². The highest BCUT2D eigenvalue weighted by Gasteiger charge is 2.27. The fourth-order valence-corrected chi connectivity index (χ4v) is 5.92. The number of amides is 1. The maximum absolute atomic E-state index is 13.3. The van der Waals surface area contributed by atoms with E-state index in [9.17, 15) is 13.2 Å². The van der Waals surface area contributed by atoms with Gasteiger partial charge in [0, 0.05) is 43.3 Å². The predicted molar refractivity (Wildman–Crippen MR) is 128 cm³/mol. The molecule has 0 unspecified atom stereocenters. The van der Waals surface area contributed by atoms with Crippen LogP contribution in [0, 0.1) is 13.8 Å². The lowest BCUT2D eigenvalue weighted by atomic mass is 10.1. The van der Waals surface area contributed by atoms with Crippen molar-refractivity contribution in [1.29, 1.82) is 0 Å². The lowest BCUT2D eigenvalue weighted by Gasteiger charge is -2.21. The monoisotopic (exact) mass is 466 g/mol. The van der Waals surface area contributed by atoms with Crippen molar-refractivity contribution in [1.82, 2.24) is 19.2 Å². The van der Waals surface area contributed by atoms with Gasteiger partial charge in [-0.2, -0.15) is 4.31 Å². The Kier molecular flexibility index (Phi) is 6.95. The van der Waals surface area contributed by atoms with Crippen molar-refractivity contribution in [3.05, 3.63) is 77.4 Å². The molecular formula is C25H30N4O3S. The number of aromatic nitrogens is 2. The molecule has 1 N–H and O–H groups in total. The number of nitrogens with zero attached hydrogens (tertiary/aromatic N) is 3. The Morgan fingerprint density at radius 1 is 1.00 bits per heavy atom. The summed E-state index contributed by atoms with van der Waals surface area (Å²) < 4.78 is 30.1. The second-order valence-electron chi connectivity index (χ2n) is 8.49. The molecule has 1 fully saturated rings. The van der Waals surface area contributed by atoms with Crippen LogP contribution in [0.4, 0.5) is 0 Å². The summed E-state index contributed by atoms with van der Waals surface area (Å²) in [5.74, 6) is 0.609. The van der Waals surface area contributed by atoms with Crippen molar-refractivity contribution in [2.75, 3.05) is 13.1 Å². The molecule has 7 nitrogen and oxygen atoms in total. The summed E-state index contributed by atoms with van der Waals surface area (Å²) in [6.07, 6.45) is 7.51.